The van der Waals surface area contributed by atoms with Gasteiger partial charge in [0.25, 0.3) is 5.91 Å². The van der Waals surface area contributed by atoms with Gasteiger partial charge in [-0.05, 0) is 16.5 Å². The Hall–Kier alpha value is -1.35. The highest BCUT2D eigenvalue weighted by Crippen LogP contribution is 2.33. The standard InChI is InChI=1S/C13H17NO2/c1-13(2,3)10-7-5-6-9-8-14(16-4)12(15)11(9)10/h5-7H,8H2,1-4H3. The Morgan fingerprint density at radius 2 is 2.00 bits per heavy atom. The van der Waals surface area contributed by atoms with Crippen LogP contribution in [0.1, 0.15) is 42.3 Å². The third kappa shape index (κ3) is 1.61. The van der Waals surface area contributed by atoms with Gasteiger partial charge in [-0.25, -0.2) is 5.06 Å². The van der Waals surface area contributed by atoms with E-state index in [4.69, 9.17) is 4.84 Å². The van der Waals surface area contributed by atoms with Crippen molar-refractivity contribution in [3.63, 3.8) is 0 Å². The Kier molecular flexibility index (Phi) is 2.50. The first kappa shape index (κ1) is 11.1. The van der Waals surface area contributed by atoms with Crippen LogP contribution in [0.15, 0.2) is 18.2 Å². The normalized spacial score (nSPS) is 15.5. The Labute approximate surface area is 96.0 Å². The lowest BCUT2D eigenvalue weighted by molar-refractivity contribution is -0.0957. The molecular formula is C13H17NO2. The molecule has 0 bridgehead atoms. The number of rotatable bonds is 1. The highest BCUT2D eigenvalue weighted by molar-refractivity contribution is 5.99. The van der Waals surface area contributed by atoms with Gasteiger partial charge in [0.1, 0.15) is 0 Å². The number of benzene rings is 1. The van der Waals surface area contributed by atoms with Crippen LogP contribution in [0.2, 0.25) is 0 Å². The van der Waals surface area contributed by atoms with Crippen molar-refractivity contribution in [2.75, 3.05) is 7.11 Å². The number of fused-ring (bicyclic) bond motifs is 1. The summed E-state index contributed by atoms with van der Waals surface area (Å²) in [7, 11) is 1.53. The van der Waals surface area contributed by atoms with Gasteiger partial charge < -0.3 is 0 Å². The van der Waals surface area contributed by atoms with Crippen molar-refractivity contribution in [2.45, 2.75) is 32.7 Å². The number of amides is 1. The molecule has 1 aliphatic rings. The molecule has 1 aromatic rings. The molecule has 3 heteroatoms. The fourth-order valence-electron chi connectivity index (χ4n) is 2.11. The lowest BCUT2D eigenvalue weighted by Crippen LogP contribution is -2.24. The zero-order valence-electron chi connectivity index (χ0n) is 10.2. The largest absolute Gasteiger partial charge is 0.278 e. The van der Waals surface area contributed by atoms with Crippen LogP contribution in [0.25, 0.3) is 0 Å². The summed E-state index contributed by atoms with van der Waals surface area (Å²) in [6, 6.07) is 6.02. The molecule has 0 unspecified atom stereocenters. The number of hydrogen-bond acceptors (Lipinski definition) is 2. The van der Waals surface area contributed by atoms with E-state index < -0.39 is 0 Å². The SMILES string of the molecule is CON1Cc2cccc(C(C)(C)C)c2C1=O. The summed E-state index contributed by atoms with van der Waals surface area (Å²) in [5.74, 6) is -0.0250. The fourth-order valence-corrected chi connectivity index (χ4v) is 2.11. The molecule has 0 saturated carbocycles. The third-order valence-electron chi connectivity index (χ3n) is 2.93. The molecule has 0 saturated heterocycles. The molecule has 16 heavy (non-hydrogen) atoms. The van der Waals surface area contributed by atoms with E-state index in [-0.39, 0.29) is 11.3 Å². The van der Waals surface area contributed by atoms with Gasteiger partial charge in [0, 0.05) is 0 Å². The van der Waals surface area contributed by atoms with Crippen molar-refractivity contribution >= 4 is 5.91 Å². The van der Waals surface area contributed by atoms with Gasteiger partial charge in [0.05, 0.1) is 19.2 Å². The van der Waals surface area contributed by atoms with E-state index in [1.807, 2.05) is 18.2 Å². The topological polar surface area (TPSA) is 29.5 Å². The van der Waals surface area contributed by atoms with Gasteiger partial charge in [0.2, 0.25) is 0 Å². The van der Waals surface area contributed by atoms with Crippen LogP contribution >= 0.6 is 0 Å². The van der Waals surface area contributed by atoms with Crippen LogP contribution in [0.5, 0.6) is 0 Å². The van der Waals surface area contributed by atoms with E-state index >= 15 is 0 Å². The monoisotopic (exact) mass is 219 g/mol. The van der Waals surface area contributed by atoms with Gasteiger partial charge in [0.15, 0.2) is 0 Å². The summed E-state index contributed by atoms with van der Waals surface area (Å²) in [5, 5.41) is 1.40. The van der Waals surface area contributed by atoms with Gasteiger partial charge in [-0.3, -0.25) is 9.63 Å². The summed E-state index contributed by atoms with van der Waals surface area (Å²) < 4.78 is 0. The molecule has 1 amide bonds. The van der Waals surface area contributed by atoms with Crippen LogP contribution in [-0.4, -0.2) is 18.1 Å². The average molecular weight is 219 g/mol. The summed E-state index contributed by atoms with van der Waals surface area (Å²) >= 11 is 0. The molecule has 0 atom stereocenters. The third-order valence-corrected chi connectivity index (χ3v) is 2.93. The molecule has 0 radical (unpaired) electrons. The second kappa shape index (κ2) is 3.59. The maximum atomic E-state index is 12.1. The molecule has 2 rings (SSSR count). The molecule has 3 nitrogen and oxygen atoms in total. The van der Waals surface area contributed by atoms with Gasteiger partial charge in [-0.1, -0.05) is 39.0 Å². The summed E-state index contributed by atoms with van der Waals surface area (Å²) in [6.07, 6.45) is 0. The molecule has 86 valence electrons. The van der Waals surface area contributed by atoms with E-state index in [1.165, 1.54) is 12.2 Å². The molecule has 1 heterocycles. The predicted octanol–water partition coefficient (Wildman–Crippen LogP) is 2.50. The minimum atomic E-state index is -0.0250. The lowest BCUT2D eigenvalue weighted by atomic mass is 9.82. The van der Waals surface area contributed by atoms with E-state index in [1.54, 1.807) is 0 Å². The average Bonchev–Trinajstić information content (AvgIpc) is 2.54. The number of hydrogen-bond donors (Lipinski definition) is 0. The van der Waals surface area contributed by atoms with E-state index in [2.05, 4.69) is 20.8 Å². The first-order chi connectivity index (χ1) is 7.45. The van der Waals surface area contributed by atoms with E-state index in [0.29, 0.717) is 6.54 Å². The number of nitrogens with zero attached hydrogens (tertiary/aromatic N) is 1. The second-order valence-corrected chi connectivity index (χ2v) is 5.11. The van der Waals surface area contributed by atoms with Gasteiger partial charge >= 0.3 is 0 Å². The maximum Gasteiger partial charge on any atom is 0.278 e. The smallest absolute Gasteiger partial charge is 0.274 e. The summed E-state index contributed by atoms with van der Waals surface area (Å²) in [4.78, 5) is 17.2. The summed E-state index contributed by atoms with van der Waals surface area (Å²) in [6.45, 7) is 6.90. The number of carbonyl (C=O) groups is 1. The Morgan fingerprint density at radius 3 is 2.56 bits per heavy atom. The quantitative estimate of drug-likeness (QED) is 0.726. The van der Waals surface area contributed by atoms with Crippen molar-refractivity contribution in [3.05, 3.63) is 34.9 Å². The van der Waals surface area contributed by atoms with Crippen LogP contribution in [0, 0.1) is 0 Å². The molecule has 1 aromatic carbocycles. The second-order valence-electron chi connectivity index (χ2n) is 5.11. The molecule has 1 aliphatic heterocycles. The zero-order valence-corrected chi connectivity index (χ0v) is 10.2. The molecule has 0 fully saturated rings. The van der Waals surface area contributed by atoms with Gasteiger partial charge in [-0.15, -0.1) is 0 Å². The molecule has 0 aliphatic carbocycles. The van der Waals surface area contributed by atoms with Crippen molar-refractivity contribution in [1.82, 2.24) is 5.06 Å². The van der Waals surface area contributed by atoms with Crippen molar-refractivity contribution in [1.29, 1.82) is 0 Å². The first-order valence-corrected chi connectivity index (χ1v) is 5.43. The van der Waals surface area contributed by atoms with Crippen LogP contribution in [0.4, 0.5) is 0 Å². The zero-order chi connectivity index (χ0) is 11.9. The molecule has 0 spiro atoms. The molecular weight excluding hydrogens is 202 g/mol. The Morgan fingerprint density at radius 1 is 1.31 bits per heavy atom. The fraction of sp³-hybridized carbons (Fsp3) is 0.462. The Balaban J connectivity index is 2.56. The highest BCUT2D eigenvalue weighted by Gasteiger charge is 2.33. The predicted molar refractivity (Wildman–Crippen MR) is 62.0 cm³/mol. The van der Waals surface area contributed by atoms with Crippen LogP contribution in [-0.2, 0) is 16.8 Å². The van der Waals surface area contributed by atoms with Crippen LogP contribution < -0.4 is 0 Å². The minimum absolute atomic E-state index is 0.0231. The molecule has 0 aromatic heterocycles. The maximum absolute atomic E-state index is 12.1. The van der Waals surface area contributed by atoms with Crippen molar-refractivity contribution < 1.29 is 9.63 Å². The minimum Gasteiger partial charge on any atom is -0.274 e. The number of carbonyl (C=O) groups excluding carboxylic acids is 1. The van der Waals surface area contributed by atoms with E-state index in [9.17, 15) is 4.79 Å². The first-order valence-electron chi connectivity index (χ1n) is 5.43. The molecule has 0 N–H and O–H groups in total. The number of hydroxylamine groups is 2. The van der Waals surface area contributed by atoms with Crippen molar-refractivity contribution in [2.24, 2.45) is 0 Å². The summed E-state index contributed by atoms with van der Waals surface area (Å²) in [5.41, 5.74) is 2.94. The Bertz CT molecular complexity index is 432. The van der Waals surface area contributed by atoms with Gasteiger partial charge in [-0.2, -0.15) is 0 Å². The van der Waals surface area contributed by atoms with Crippen LogP contribution in [0.3, 0.4) is 0 Å². The highest BCUT2D eigenvalue weighted by atomic mass is 16.7. The van der Waals surface area contributed by atoms with E-state index in [0.717, 1.165) is 16.7 Å². The lowest BCUT2D eigenvalue weighted by Gasteiger charge is -2.21. The van der Waals surface area contributed by atoms with Crippen molar-refractivity contribution in [3.8, 4) is 0 Å².